The summed E-state index contributed by atoms with van der Waals surface area (Å²) in [6, 6.07) is 0. The lowest BCUT2D eigenvalue weighted by molar-refractivity contribution is -0.156. The van der Waals surface area contributed by atoms with Gasteiger partial charge in [0.2, 0.25) is 0 Å². The Kier molecular flexibility index (Phi) is 5.23. The molecule has 1 atom stereocenters. The van der Waals surface area contributed by atoms with Crippen molar-refractivity contribution in [2.24, 2.45) is 0 Å². The maximum Gasteiger partial charge on any atom is 0.394 e. The van der Waals surface area contributed by atoms with Gasteiger partial charge in [-0.3, -0.25) is 14.2 Å². The third-order valence-corrected chi connectivity index (χ3v) is 3.52. The van der Waals surface area contributed by atoms with Crippen molar-refractivity contribution in [2.75, 3.05) is 38.5 Å². The van der Waals surface area contributed by atoms with E-state index >= 15 is 0 Å². The van der Waals surface area contributed by atoms with Gasteiger partial charge in [0.05, 0.1) is 6.10 Å². The van der Waals surface area contributed by atoms with Crippen LogP contribution in [-0.2, 0) is 19.7 Å². The Hall–Kier alpha value is -1.23. The van der Waals surface area contributed by atoms with Gasteiger partial charge in [-0.25, -0.2) is 4.79 Å². The van der Waals surface area contributed by atoms with Crippen LogP contribution >= 0.6 is 0 Å². The van der Waals surface area contributed by atoms with Crippen LogP contribution < -0.4 is 0 Å². The Bertz CT molecular complexity index is 441. The highest BCUT2D eigenvalue weighted by molar-refractivity contribution is 7.85. The number of aliphatic hydroxyl groups excluding tert-OH is 1. The minimum absolute atomic E-state index is 0.0366. The van der Waals surface area contributed by atoms with Gasteiger partial charge in [-0.05, 0) is 0 Å². The number of aliphatic carboxylic acids is 1. The second kappa shape index (κ2) is 6.28. The van der Waals surface area contributed by atoms with Crippen molar-refractivity contribution in [3.05, 3.63) is 0 Å². The summed E-state index contributed by atoms with van der Waals surface area (Å²) in [7, 11) is -4.23. The number of hydrogen-bond acceptors (Lipinski definition) is 6. The molecule has 1 amide bonds. The number of carbonyl (C=O) groups is 2. The summed E-state index contributed by atoms with van der Waals surface area (Å²) in [6.07, 6.45) is -1.23. The van der Waals surface area contributed by atoms with Gasteiger partial charge >= 0.3 is 11.9 Å². The summed E-state index contributed by atoms with van der Waals surface area (Å²) in [5.74, 6) is -3.24. The number of aliphatic hydroxyl groups is 1. The molecule has 19 heavy (non-hydrogen) atoms. The van der Waals surface area contributed by atoms with E-state index in [9.17, 15) is 23.1 Å². The Labute approximate surface area is 110 Å². The molecule has 1 aliphatic rings. The first-order valence-electron chi connectivity index (χ1n) is 5.57. The number of amides is 1. The monoisotopic (exact) mass is 296 g/mol. The van der Waals surface area contributed by atoms with Crippen LogP contribution in [0.4, 0.5) is 0 Å². The largest absolute Gasteiger partial charge is 0.474 e. The average molecular weight is 296 g/mol. The molecule has 0 unspecified atom stereocenters. The van der Waals surface area contributed by atoms with Crippen LogP contribution in [0.3, 0.4) is 0 Å². The van der Waals surface area contributed by atoms with E-state index in [-0.39, 0.29) is 19.6 Å². The van der Waals surface area contributed by atoms with Crippen molar-refractivity contribution in [1.29, 1.82) is 0 Å². The highest BCUT2D eigenvalue weighted by atomic mass is 32.2. The van der Waals surface area contributed by atoms with Crippen molar-refractivity contribution in [3.8, 4) is 0 Å². The highest BCUT2D eigenvalue weighted by Crippen LogP contribution is 2.04. The molecular weight excluding hydrogens is 280 g/mol. The fourth-order valence-corrected chi connectivity index (χ4v) is 2.45. The predicted octanol–water partition coefficient (Wildman–Crippen LogP) is -2.54. The Balaban J connectivity index is 2.38. The molecule has 0 bridgehead atoms. The van der Waals surface area contributed by atoms with Crippen LogP contribution in [0, 0.1) is 0 Å². The van der Waals surface area contributed by atoms with Crippen LogP contribution in [0.5, 0.6) is 0 Å². The molecule has 1 aliphatic heterocycles. The van der Waals surface area contributed by atoms with E-state index in [1.807, 2.05) is 0 Å². The van der Waals surface area contributed by atoms with Crippen LogP contribution in [0.25, 0.3) is 0 Å². The molecule has 0 aliphatic carbocycles. The van der Waals surface area contributed by atoms with Crippen LogP contribution in [0.1, 0.15) is 0 Å². The maximum atomic E-state index is 11.2. The molecule has 0 aromatic rings. The fraction of sp³-hybridized carbons (Fsp3) is 0.778. The Morgan fingerprint density at radius 1 is 1.16 bits per heavy atom. The van der Waals surface area contributed by atoms with E-state index in [1.54, 1.807) is 4.90 Å². The van der Waals surface area contributed by atoms with E-state index < -0.39 is 33.9 Å². The predicted molar refractivity (Wildman–Crippen MR) is 63.1 cm³/mol. The number of hydrogen-bond donors (Lipinski definition) is 3. The molecule has 1 fully saturated rings. The van der Waals surface area contributed by atoms with Gasteiger partial charge in [0.1, 0.15) is 5.75 Å². The second-order valence-corrected chi connectivity index (χ2v) is 5.80. The second-order valence-electron chi connectivity index (χ2n) is 4.30. The molecule has 10 heteroatoms. The summed E-state index contributed by atoms with van der Waals surface area (Å²) in [6.45, 7) is 1.10. The molecule has 3 N–H and O–H groups in total. The summed E-state index contributed by atoms with van der Waals surface area (Å²) >= 11 is 0. The van der Waals surface area contributed by atoms with E-state index in [2.05, 4.69) is 0 Å². The number of piperazine rings is 1. The van der Waals surface area contributed by atoms with Crippen molar-refractivity contribution < 1.29 is 32.8 Å². The van der Waals surface area contributed by atoms with Crippen LogP contribution in [0.15, 0.2) is 0 Å². The molecule has 110 valence electrons. The number of β-amino-alcohol motifs (C(OH)–C–C–N with tert-alkyl or cyclic N) is 1. The van der Waals surface area contributed by atoms with Gasteiger partial charge in [0.15, 0.2) is 0 Å². The topological polar surface area (TPSA) is 135 Å². The molecule has 1 saturated heterocycles. The summed E-state index contributed by atoms with van der Waals surface area (Å²) in [5.41, 5.74) is 0. The third-order valence-electron chi connectivity index (χ3n) is 2.71. The van der Waals surface area contributed by atoms with Gasteiger partial charge in [-0.2, -0.15) is 8.42 Å². The third kappa shape index (κ3) is 5.51. The van der Waals surface area contributed by atoms with Crippen LogP contribution in [0.2, 0.25) is 0 Å². The van der Waals surface area contributed by atoms with E-state index in [0.717, 1.165) is 0 Å². The van der Waals surface area contributed by atoms with Crippen molar-refractivity contribution in [3.63, 3.8) is 0 Å². The molecule has 0 aromatic carbocycles. The fourth-order valence-electron chi connectivity index (χ4n) is 1.86. The lowest BCUT2D eigenvalue weighted by atomic mass is 10.2. The minimum Gasteiger partial charge on any atom is -0.474 e. The normalized spacial score (nSPS) is 19.2. The Morgan fingerprint density at radius 3 is 2.11 bits per heavy atom. The highest BCUT2D eigenvalue weighted by Gasteiger charge is 2.26. The van der Waals surface area contributed by atoms with Crippen molar-refractivity contribution >= 4 is 22.0 Å². The van der Waals surface area contributed by atoms with Crippen molar-refractivity contribution in [1.82, 2.24) is 9.80 Å². The maximum absolute atomic E-state index is 11.2. The Morgan fingerprint density at radius 2 is 1.68 bits per heavy atom. The van der Waals surface area contributed by atoms with Crippen LogP contribution in [-0.4, -0.2) is 89.4 Å². The number of carbonyl (C=O) groups excluding carboxylic acids is 1. The zero-order valence-corrected chi connectivity index (χ0v) is 10.9. The SMILES string of the molecule is O=C(O)C(=O)N1CCN(C[C@H](O)CS(=O)(=O)O)CC1. The molecule has 0 spiro atoms. The molecule has 1 rings (SSSR count). The lowest BCUT2D eigenvalue weighted by Gasteiger charge is -2.34. The molecule has 0 radical (unpaired) electrons. The van der Waals surface area contributed by atoms with Gasteiger partial charge in [-0.15, -0.1) is 0 Å². The summed E-state index contributed by atoms with van der Waals surface area (Å²) < 4.78 is 29.7. The van der Waals surface area contributed by atoms with Crippen molar-refractivity contribution in [2.45, 2.75) is 6.10 Å². The first-order chi connectivity index (χ1) is 8.69. The summed E-state index contributed by atoms with van der Waals surface area (Å²) in [5, 5.41) is 18.0. The first kappa shape index (κ1) is 15.8. The van der Waals surface area contributed by atoms with Gasteiger partial charge < -0.3 is 15.1 Å². The van der Waals surface area contributed by atoms with Gasteiger partial charge in [0, 0.05) is 32.7 Å². The number of carboxylic acid groups (broad SMARTS) is 1. The number of rotatable bonds is 4. The quantitative estimate of drug-likeness (QED) is 0.381. The first-order valence-corrected chi connectivity index (χ1v) is 7.18. The van der Waals surface area contributed by atoms with E-state index in [4.69, 9.17) is 9.66 Å². The average Bonchev–Trinajstić information content (AvgIpc) is 2.26. The number of carboxylic acids is 1. The van der Waals surface area contributed by atoms with Gasteiger partial charge in [0.25, 0.3) is 10.1 Å². The zero-order valence-electron chi connectivity index (χ0n) is 10.1. The smallest absolute Gasteiger partial charge is 0.394 e. The zero-order chi connectivity index (χ0) is 14.6. The summed E-state index contributed by atoms with van der Waals surface area (Å²) in [4.78, 5) is 24.5. The molecule has 0 saturated carbocycles. The standard InChI is InChI=1S/C9H16N2O7S/c12-7(6-19(16,17)18)5-10-1-3-11(4-2-10)8(13)9(14)15/h7,12H,1-6H2,(H,14,15)(H,16,17,18)/t7-/m0/s1. The molecule has 0 aromatic heterocycles. The van der Waals surface area contributed by atoms with E-state index in [0.29, 0.717) is 13.1 Å². The molecule has 1 heterocycles. The minimum atomic E-state index is -4.23. The lowest BCUT2D eigenvalue weighted by Crippen LogP contribution is -2.52. The molecular formula is C9H16N2O7S. The van der Waals surface area contributed by atoms with E-state index in [1.165, 1.54) is 4.90 Å². The number of nitrogens with zero attached hydrogens (tertiary/aromatic N) is 2. The van der Waals surface area contributed by atoms with Gasteiger partial charge in [-0.1, -0.05) is 0 Å². The molecule has 9 nitrogen and oxygen atoms in total.